The quantitative estimate of drug-likeness (QED) is 0.630. The maximum atomic E-state index is 12.0. The Morgan fingerprint density at radius 2 is 2.25 bits per heavy atom. The van der Waals surface area contributed by atoms with Gasteiger partial charge in [0.15, 0.2) is 0 Å². The molecule has 16 heavy (non-hydrogen) atoms. The Labute approximate surface area is 96.8 Å². The Kier molecular flexibility index (Phi) is 3.96. The minimum absolute atomic E-state index is 0.152. The Morgan fingerprint density at radius 3 is 2.81 bits per heavy atom. The van der Waals surface area contributed by atoms with Gasteiger partial charge in [0, 0.05) is 6.61 Å². The molecule has 1 N–H and O–H groups in total. The van der Waals surface area contributed by atoms with Crippen LogP contribution in [-0.2, 0) is 9.53 Å². The molecule has 0 radical (unpaired) electrons. The smallest absolute Gasteiger partial charge is 0.252 e. The van der Waals surface area contributed by atoms with Gasteiger partial charge in [-0.25, -0.2) is 0 Å². The normalized spacial score (nSPS) is 27.0. The molecule has 2 fully saturated rings. The Hall–Kier alpha value is -0.870. The van der Waals surface area contributed by atoms with Crippen molar-refractivity contribution in [3.05, 3.63) is 12.7 Å². The van der Waals surface area contributed by atoms with Gasteiger partial charge in [-0.05, 0) is 18.9 Å². The number of nitrogens with zero attached hydrogens (tertiary/aromatic N) is 1. The first-order chi connectivity index (χ1) is 7.81. The van der Waals surface area contributed by atoms with E-state index in [-0.39, 0.29) is 12.0 Å². The van der Waals surface area contributed by atoms with Crippen LogP contribution in [0.1, 0.15) is 12.8 Å². The lowest BCUT2D eigenvalue weighted by atomic mass is 10.2. The summed E-state index contributed by atoms with van der Waals surface area (Å²) < 4.78 is 5.43. The molecule has 0 spiro atoms. The molecule has 0 bridgehead atoms. The SMILES string of the molecule is C=CC[NH+]1CCN(C(=O)[C@H]2CCCO2)CC1. The first-order valence-corrected chi connectivity index (χ1v) is 6.16. The molecule has 0 unspecified atom stereocenters. The number of nitrogens with one attached hydrogen (secondary N) is 1. The van der Waals surface area contributed by atoms with Crippen LogP contribution in [0.3, 0.4) is 0 Å². The number of hydrogen-bond donors (Lipinski definition) is 1. The molecule has 2 saturated heterocycles. The third kappa shape index (κ3) is 2.62. The average molecular weight is 225 g/mol. The molecule has 4 nitrogen and oxygen atoms in total. The van der Waals surface area contributed by atoms with Crippen LogP contribution >= 0.6 is 0 Å². The molecule has 2 aliphatic heterocycles. The number of rotatable bonds is 3. The van der Waals surface area contributed by atoms with Gasteiger partial charge in [0.05, 0.1) is 32.7 Å². The first kappa shape index (κ1) is 11.6. The second-order valence-electron chi connectivity index (χ2n) is 4.57. The minimum Gasteiger partial charge on any atom is -0.368 e. The lowest BCUT2D eigenvalue weighted by Crippen LogP contribution is -3.14. The molecule has 90 valence electrons. The van der Waals surface area contributed by atoms with Crippen molar-refractivity contribution in [1.82, 2.24) is 4.90 Å². The minimum atomic E-state index is -0.152. The Balaban J connectivity index is 1.79. The zero-order chi connectivity index (χ0) is 11.4. The molecular formula is C12H21N2O2+. The van der Waals surface area contributed by atoms with Gasteiger partial charge < -0.3 is 14.5 Å². The highest BCUT2D eigenvalue weighted by molar-refractivity contribution is 5.81. The number of carbonyl (C=O) groups excluding carboxylic acids is 1. The molecule has 2 aliphatic rings. The molecular weight excluding hydrogens is 204 g/mol. The lowest BCUT2D eigenvalue weighted by Gasteiger charge is -2.32. The number of ether oxygens (including phenoxy) is 1. The fourth-order valence-electron chi connectivity index (χ4n) is 2.43. The molecule has 0 saturated carbocycles. The van der Waals surface area contributed by atoms with Crippen LogP contribution in [0.2, 0.25) is 0 Å². The summed E-state index contributed by atoms with van der Waals surface area (Å²) in [6.45, 7) is 9.29. The second-order valence-corrected chi connectivity index (χ2v) is 4.57. The number of quaternary nitrogens is 1. The van der Waals surface area contributed by atoms with Gasteiger partial charge in [0.25, 0.3) is 5.91 Å². The van der Waals surface area contributed by atoms with E-state index in [1.165, 1.54) is 4.90 Å². The van der Waals surface area contributed by atoms with Crippen LogP contribution in [-0.4, -0.2) is 56.2 Å². The average Bonchev–Trinajstić information content (AvgIpc) is 2.83. The van der Waals surface area contributed by atoms with Gasteiger partial charge in [0.2, 0.25) is 0 Å². The van der Waals surface area contributed by atoms with Crippen LogP contribution in [0, 0.1) is 0 Å². The van der Waals surface area contributed by atoms with Crippen molar-refractivity contribution in [2.45, 2.75) is 18.9 Å². The van der Waals surface area contributed by atoms with Crippen LogP contribution in [0.5, 0.6) is 0 Å². The third-order valence-corrected chi connectivity index (χ3v) is 3.42. The monoisotopic (exact) mass is 225 g/mol. The van der Waals surface area contributed by atoms with E-state index in [2.05, 4.69) is 6.58 Å². The highest BCUT2D eigenvalue weighted by atomic mass is 16.5. The van der Waals surface area contributed by atoms with Crippen molar-refractivity contribution in [2.24, 2.45) is 0 Å². The van der Waals surface area contributed by atoms with Gasteiger partial charge in [-0.1, -0.05) is 6.58 Å². The van der Waals surface area contributed by atoms with Crippen LogP contribution in [0.25, 0.3) is 0 Å². The molecule has 0 aliphatic carbocycles. The highest BCUT2D eigenvalue weighted by Gasteiger charge is 2.31. The molecule has 2 heterocycles. The third-order valence-electron chi connectivity index (χ3n) is 3.42. The summed E-state index contributed by atoms with van der Waals surface area (Å²) in [6.07, 6.45) is 3.73. The summed E-state index contributed by atoms with van der Waals surface area (Å²) >= 11 is 0. The van der Waals surface area contributed by atoms with Gasteiger partial charge in [0.1, 0.15) is 6.10 Å². The van der Waals surface area contributed by atoms with Crippen LogP contribution < -0.4 is 4.90 Å². The second kappa shape index (κ2) is 5.46. The van der Waals surface area contributed by atoms with Crippen molar-refractivity contribution in [3.63, 3.8) is 0 Å². The molecule has 0 aromatic rings. The van der Waals surface area contributed by atoms with Crippen LogP contribution in [0.4, 0.5) is 0 Å². The Morgan fingerprint density at radius 1 is 1.50 bits per heavy atom. The van der Waals surface area contributed by atoms with Crippen LogP contribution in [0.15, 0.2) is 12.7 Å². The molecule has 0 aromatic heterocycles. The van der Waals surface area contributed by atoms with Crippen molar-refractivity contribution in [1.29, 1.82) is 0 Å². The van der Waals surface area contributed by atoms with E-state index in [1.807, 2.05) is 11.0 Å². The van der Waals surface area contributed by atoms with Gasteiger partial charge >= 0.3 is 0 Å². The van der Waals surface area contributed by atoms with E-state index in [4.69, 9.17) is 4.74 Å². The largest absolute Gasteiger partial charge is 0.368 e. The number of carbonyl (C=O) groups is 1. The van der Waals surface area contributed by atoms with E-state index >= 15 is 0 Å². The summed E-state index contributed by atoms with van der Waals surface area (Å²) in [5, 5.41) is 0. The Bertz CT molecular complexity index is 254. The highest BCUT2D eigenvalue weighted by Crippen LogP contribution is 2.14. The van der Waals surface area contributed by atoms with Crippen molar-refractivity contribution in [2.75, 3.05) is 39.3 Å². The summed E-state index contributed by atoms with van der Waals surface area (Å²) in [5.41, 5.74) is 0. The molecule has 0 aromatic carbocycles. The van der Waals surface area contributed by atoms with Crippen molar-refractivity contribution >= 4 is 5.91 Å². The zero-order valence-electron chi connectivity index (χ0n) is 9.78. The van der Waals surface area contributed by atoms with Gasteiger partial charge in [-0.2, -0.15) is 0 Å². The van der Waals surface area contributed by atoms with E-state index < -0.39 is 0 Å². The standard InChI is InChI=1S/C12H20N2O2/c1-2-5-13-6-8-14(9-7-13)12(15)11-4-3-10-16-11/h2,11H,1,3-10H2/p+1/t11-/m1/s1. The fourth-order valence-corrected chi connectivity index (χ4v) is 2.43. The maximum Gasteiger partial charge on any atom is 0.252 e. The van der Waals surface area contributed by atoms with E-state index in [1.54, 1.807) is 0 Å². The summed E-state index contributed by atoms with van der Waals surface area (Å²) in [6, 6.07) is 0. The number of amides is 1. The fraction of sp³-hybridized carbons (Fsp3) is 0.750. The summed E-state index contributed by atoms with van der Waals surface area (Å²) in [7, 11) is 0. The summed E-state index contributed by atoms with van der Waals surface area (Å²) in [4.78, 5) is 15.5. The molecule has 1 amide bonds. The zero-order valence-corrected chi connectivity index (χ0v) is 9.78. The number of hydrogen-bond acceptors (Lipinski definition) is 2. The molecule has 1 atom stereocenters. The van der Waals surface area contributed by atoms with E-state index in [9.17, 15) is 4.79 Å². The van der Waals surface area contributed by atoms with Crippen molar-refractivity contribution < 1.29 is 14.4 Å². The van der Waals surface area contributed by atoms with E-state index in [0.717, 1.165) is 52.2 Å². The predicted octanol–water partition coefficient (Wildman–Crippen LogP) is -0.921. The summed E-state index contributed by atoms with van der Waals surface area (Å²) in [5.74, 6) is 0.204. The topological polar surface area (TPSA) is 34.0 Å². The van der Waals surface area contributed by atoms with Crippen molar-refractivity contribution in [3.8, 4) is 0 Å². The van der Waals surface area contributed by atoms with E-state index in [0.29, 0.717) is 0 Å². The maximum absolute atomic E-state index is 12.0. The van der Waals surface area contributed by atoms with Gasteiger partial charge in [-0.3, -0.25) is 4.79 Å². The number of piperazine rings is 1. The van der Waals surface area contributed by atoms with Gasteiger partial charge in [-0.15, -0.1) is 0 Å². The predicted molar refractivity (Wildman–Crippen MR) is 61.3 cm³/mol. The molecule has 4 heteroatoms. The lowest BCUT2D eigenvalue weighted by molar-refractivity contribution is -0.898. The first-order valence-electron chi connectivity index (χ1n) is 6.16. The molecule has 2 rings (SSSR count).